The highest BCUT2D eigenvalue weighted by Crippen LogP contribution is 2.18. The number of amides is 1. The first kappa shape index (κ1) is 17.0. The van der Waals surface area contributed by atoms with Gasteiger partial charge in [-0.3, -0.25) is 4.79 Å². The molecule has 0 fully saturated rings. The number of aryl methyl sites for hydroxylation is 1. The highest BCUT2D eigenvalue weighted by Gasteiger charge is 2.17. The van der Waals surface area contributed by atoms with Crippen molar-refractivity contribution < 1.29 is 19.8 Å². The van der Waals surface area contributed by atoms with Gasteiger partial charge in [0.1, 0.15) is 0 Å². The van der Waals surface area contributed by atoms with E-state index >= 15 is 0 Å². The Morgan fingerprint density at radius 1 is 1.04 bits per heavy atom. The van der Waals surface area contributed by atoms with Gasteiger partial charge in [-0.25, -0.2) is 4.79 Å². The Labute approximate surface area is 138 Å². The van der Waals surface area contributed by atoms with Crippen LogP contribution in [0.1, 0.15) is 32.7 Å². The molecule has 0 saturated carbocycles. The zero-order chi connectivity index (χ0) is 16.8. The van der Waals surface area contributed by atoms with Crippen LogP contribution in [0.4, 0.5) is 5.69 Å². The molecule has 0 bridgehead atoms. The van der Waals surface area contributed by atoms with Crippen LogP contribution in [0.25, 0.3) is 0 Å². The summed E-state index contributed by atoms with van der Waals surface area (Å²) < 4.78 is 0. The van der Waals surface area contributed by atoms with Crippen molar-refractivity contribution in [1.82, 2.24) is 0 Å². The van der Waals surface area contributed by atoms with E-state index in [0.29, 0.717) is 12.1 Å². The Morgan fingerprint density at radius 2 is 1.74 bits per heavy atom. The topological polar surface area (TPSA) is 86.6 Å². The molecule has 0 heterocycles. The number of aromatic carboxylic acids is 1. The Kier molecular flexibility index (Phi) is 5.73. The van der Waals surface area contributed by atoms with Crippen LogP contribution >= 0.6 is 11.6 Å². The molecule has 2 aromatic rings. The van der Waals surface area contributed by atoms with Crippen molar-refractivity contribution in [2.45, 2.75) is 12.8 Å². The first-order valence-corrected chi connectivity index (χ1v) is 7.43. The van der Waals surface area contributed by atoms with E-state index in [-0.39, 0.29) is 22.8 Å². The van der Waals surface area contributed by atoms with E-state index in [9.17, 15) is 9.59 Å². The molecule has 2 aromatic carbocycles. The van der Waals surface area contributed by atoms with Crippen molar-refractivity contribution >= 4 is 29.2 Å². The first-order valence-electron chi connectivity index (χ1n) is 7.05. The number of carbonyl (C=O) groups is 2. The highest BCUT2D eigenvalue weighted by molar-refractivity contribution is 6.31. The lowest BCUT2D eigenvalue weighted by Gasteiger charge is -2.09. The lowest BCUT2D eigenvalue weighted by atomic mass is 10.1. The molecule has 3 N–H and O–H groups in total. The van der Waals surface area contributed by atoms with Crippen LogP contribution < -0.4 is 5.32 Å². The lowest BCUT2D eigenvalue weighted by Crippen LogP contribution is -2.16. The summed E-state index contributed by atoms with van der Waals surface area (Å²) in [5.41, 5.74) is 1.52. The minimum atomic E-state index is -1.21. The molecule has 5 nitrogen and oxygen atoms in total. The molecule has 0 aliphatic carbocycles. The summed E-state index contributed by atoms with van der Waals surface area (Å²) in [6, 6.07) is 11.3. The van der Waals surface area contributed by atoms with Gasteiger partial charge >= 0.3 is 5.97 Å². The smallest absolute Gasteiger partial charge is 0.336 e. The third-order valence-electron chi connectivity index (χ3n) is 3.29. The minimum absolute atomic E-state index is 0.0475. The molecule has 0 saturated heterocycles. The number of hydrogen-bond acceptors (Lipinski definition) is 3. The van der Waals surface area contributed by atoms with E-state index < -0.39 is 11.9 Å². The Balaban J connectivity index is 2.14. The van der Waals surface area contributed by atoms with Crippen molar-refractivity contribution in [1.29, 1.82) is 0 Å². The van der Waals surface area contributed by atoms with Crippen molar-refractivity contribution in [2.24, 2.45) is 0 Å². The van der Waals surface area contributed by atoms with Crippen molar-refractivity contribution in [3.8, 4) is 0 Å². The maximum absolute atomic E-state index is 12.3. The van der Waals surface area contributed by atoms with Gasteiger partial charge in [0.2, 0.25) is 0 Å². The van der Waals surface area contributed by atoms with Gasteiger partial charge in [-0.05, 0) is 48.7 Å². The summed E-state index contributed by atoms with van der Waals surface area (Å²) in [4.78, 5) is 23.5. The van der Waals surface area contributed by atoms with Gasteiger partial charge in [-0.15, -0.1) is 0 Å². The summed E-state index contributed by atoms with van der Waals surface area (Å²) in [6.45, 7) is 0.132. The fourth-order valence-electron chi connectivity index (χ4n) is 2.13. The van der Waals surface area contributed by atoms with Crippen molar-refractivity contribution in [3.63, 3.8) is 0 Å². The molecule has 0 aliphatic heterocycles. The molecule has 0 aliphatic rings. The maximum Gasteiger partial charge on any atom is 0.336 e. The number of halogens is 1. The standard InChI is InChI=1S/C17H16ClNO4/c18-12-5-8-14(15(10-12)17(22)23)16(21)19-13-6-3-11(4-7-13)2-1-9-20/h3-8,10,20H,1-2,9H2,(H,19,21)(H,22,23). The summed E-state index contributed by atoms with van der Waals surface area (Å²) in [5.74, 6) is -1.72. The largest absolute Gasteiger partial charge is 0.478 e. The molecular weight excluding hydrogens is 318 g/mol. The number of anilines is 1. The zero-order valence-corrected chi connectivity index (χ0v) is 13.0. The second-order valence-electron chi connectivity index (χ2n) is 4.97. The molecule has 6 heteroatoms. The molecular formula is C17H16ClNO4. The summed E-state index contributed by atoms with van der Waals surface area (Å²) in [6.07, 6.45) is 1.43. The van der Waals surface area contributed by atoms with Gasteiger partial charge in [0, 0.05) is 17.3 Å². The zero-order valence-electron chi connectivity index (χ0n) is 12.3. The molecule has 0 atom stereocenters. The number of carbonyl (C=O) groups excluding carboxylic acids is 1. The van der Waals surface area contributed by atoms with Crippen LogP contribution in [0, 0.1) is 0 Å². The SMILES string of the molecule is O=C(O)c1cc(Cl)ccc1C(=O)Nc1ccc(CCCO)cc1. The van der Waals surface area contributed by atoms with E-state index in [2.05, 4.69) is 5.32 Å². The normalized spacial score (nSPS) is 10.3. The van der Waals surface area contributed by atoms with Crippen LogP contribution in [0.5, 0.6) is 0 Å². The summed E-state index contributed by atoms with van der Waals surface area (Å²) in [7, 11) is 0. The van der Waals surface area contributed by atoms with Crippen molar-refractivity contribution in [2.75, 3.05) is 11.9 Å². The van der Waals surface area contributed by atoms with Gasteiger partial charge in [0.25, 0.3) is 5.91 Å². The fraction of sp³-hybridized carbons (Fsp3) is 0.176. The third kappa shape index (κ3) is 4.55. The van der Waals surface area contributed by atoms with E-state index in [1.807, 2.05) is 12.1 Å². The predicted octanol–water partition coefficient (Wildman–Crippen LogP) is 3.22. The van der Waals surface area contributed by atoms with Gasteiger partial charge in [0.05, 0.1) is 11.1 Å². The lowest BCUT2D eigenvalue weighted by molar-refractivity contribution is 0.0692. The number of carboxylic acids is 1. The van der Waals surface area contributed by atoms with Crippen molar-refractivity contribution in [3.05, 3.63) is 64.2 Å². The molecule has 0 unspecified atom stereocenters. The Hall–Kier alpha value is -2.37. The number of benzene rings is 2. The second kappa shape index (κ2) is 7.76. The fourth-order valence-corrected chi connectivity index (χ4v) is 2.30. The number of aliphatic hydroxyl groups is 1. The number of nitrogens with one attached hydrogen (secondary N) is 1. The van der Waals surface area contributed by atoms with E-state index in [0.717, 1.165) is 12.0 Å². The minimum Gasteiger partial charge on any atom is -0.478 e. The Morgan fingerprint density at radius 3 is 2.35 bits per heavy atom. The second-order valence-corrected chi connectivity index (χ2v) is 5.41. The number of rotatable bonds is 6. The van der Waals surface area contributed by atoms with Crippen LogP contribution in [-0.4, -0.2) is 28.7 Å². The van der Waals surface area contributed by atoms with E-state index in [1.54, 1.807) is 12.1 Å². The van der Waals surface area contributed by atoms with Crippen LogP contribution in [-0.2, 0) is 6.42 Å². The van der Waals surface area contributed by atoms with Gasteiger partial charge < -0.3 is 15.5 Å². The first-order chi connectivity index (χ1) is 11.0. The molecule has 0 spiro atoms. The average Bonchev–Trinajstić information content (AvgIpc) is 2.54. The number of aliphatic hydroxyl groups excluding tert-OH is 1. The quantitative estimate of drug-likeness (QED) is 0.757. The monoisotopic (exact) mass is 333 g/mol. The summed E-state index contributed by atoms with van der Waals surface area (Å²) in [5, 5.41) is 20.9. The van der Waals surface area contributed by atoms with Crippen LogP contribution in [0.2, 0.25) is 5.02 Å². The van der Waals surface area contributed by atoms with E-state index in [4.69, 9.17) is 21.8 Å². The van der Waals surface area contributed by atoms with Gasteiger partial charge in [-0.2, -0.15) is 0 Å². The molecule has 0 radical (unpaired) electrons. The molecule has 0 aromatic heterocycles. The van der Waals surface area contributed by atoms with Gasteiger partial charge in [-0.1, -0.05) is 23.7 Å². The third-order valence-corrected chi connectivity index (χ3v) is 3.53. The highest BCUT2D eigenvalue weighted by atomic mass is 35.5. The summed E-state index contributed by atoms with van der Waals surface area (Å²) >= 11 is 5.77. The van der Waals surface area contributed by atoms with Crippen LogP contribution in [0.3, 0.4) is 0 Å². The maximum atomic E-state index is 12.3. The number of hydrogen-bond donors (Lipinski definition) is 3. The Bertz CT molecular complexity index is 713. The van der Waals surface area contributed by atoms with Gasteiger partial charge in [0.15, 0.2) is 0 Å². The molecule has 1 amide bonds. The van der Waals surface area contributed by atoms with Crippen LogP contribution in [0.15, 0.2) is 42.5 Å². The number of carboxylic acid groups (broad SMARTS) is 1. The molecule has 120 valence electrons. The predicted molar refractivity (Wildman–Crippen MR) is 88.2 cm³/mol. The molecule has 23 heavy (non-hydrogen) atoms. The average molecular weight is 334 g/mol. The van der Waals surface area contributed by atoms with E-state index in [1.165, 1.54) is 18.2 Å². The molecule has 2 rings (SSSR count).